The highest BCUT2D eigenvalue weighted by molar-refractivity contribution is 5.71. The van der Waals surface area contributed by atoms with Gasteiger partial charge in [0, 0.05) is 18.0 Å². The summed E-state index contributed by atoms with van der Waals surface area (Å²) < 4.78 is 18.1. The van der Waals surface area contributed by atoms with E-state index in [-0.39, 0.29) is 18.1 Å². The first kappa shape index (κ1) is 24.4. The molecule has 2 N–H and O–H groups in total. The predicted octanol–water partition coefficient (Wildman–Crippen LogP) is 4.87. The van der Waals surface area contributed by atoms with E-state index in [0.29, 0.717) is 19.4 Å². The number of amides is 1. The molecule has 7 nitrogen and oxygen atoms in total. The van der Waals surface area contributed by atoms with Gasteiger partial charge in [0.2, 0.25) is 0 Å². The molecule has 1 aromatic carbocycles. The molecule has 0 unspecified atom stereocenters. The van der Waals surface area contributed by atoms with Crippen molar-refractivity contribution in [3.63, 3.8) is 0 Å². The highest BCUT2D eigenvalue weighted by Crippen LogP contribution is 2.52. The van der Waals surface area contributed by atoms with Crippen molar-refractivity contribution in [2.75, 3.05) is 6.54 Å². The quantitative estimate of drug-likeness (QED) is 0.646. The highest BCUT2D eigenvalue weighted by atomic mass is 16.6. The number of fused-ring (bicyclic) bond motifs is 3. The van der Waals surface area contributed by atoms with Crippen LogP contribution in [0.15, 0.2) is 18.2 Å². The van der Waals surface area contributed by atoms with Gasteiger partial charge in [-0.15, -0.1) is 0 Å². The molecule has 3 rings (SSSR count). The normalized spacial score (nSPS) is 26.3. The number of carbonyl (C=O) groups excluding carboxylic acids is 1. The van der Waals surface area contributed by atoms with Crippen molar-refractivity contribution in [1.29, 1.82) is 0 Å². The Bertz CT molecular complexity index is 843. The molecule has 178 valence electrons. The minimum absolute atomic E-state index is 0.0562. The fourth-order valence-corrected chi connectivity index (χ4v) is 4.73. The second-order valence-corrected chi connectivity index (χ2v) is 10.4. The number of carboxylic acids is 1. The summed E-state index contributed by atoms with van der Waals surface area (Å²) in [5.74, 6) is -0.601. The fraction of sp³-hybridized carbons (Fsp3) is 0.680. The van der Waals surface area contributed by atoms with Crippen molar-refractivity contribution in [3.8, 4) is 5.75 Å². The Morgan fingerprint density at radius 2 is 2.00 bits per heavy atom. The average molecular weight is 448 g/mol. The molecule has 0 spiro atoms. The van der Waals surface area contributed by atoms with E-state index in [4.69, 9.17) is 14.2 Å². The summed E-state index contributed by atoms with van der Waals surface area (Å²) in [5, 5.41) is 12.6. The molecule has 1 amide bonds. The van der Waals surface area contributed by atoms with Crippen LogP contribution in [-0.2, 0) is 20.7 Å². The van der Waals surface area contributed by atoms with Crippen LogP contribution in [0.4, 0.5) is 4.79 Å². The Hall–Kier alpha value is -2.28. The van der Waals surface area contributed by atoms with E-state index in [1.165, 1.54) is 0 Å². The molecule has 0 saturated carbocycles. The lowest BCUT2D eigenvalue weighted by Crippen LogP contribution is -2.52. The number of benzene rings is 1. The Morgan fingerprint density at radius 1 is 1.28 bits per heavy atom. The van der Waals surface area contributed by atoms with E-state index < -0.39 is 29.2 Å². The smallest absolute Gasteiger partial charge is 0.407 e. The van der Waals surface area contributed by atoms with Crippen molar-refractivity contribution < 1.29 is 28.9 Å². The second-order valence-electron chi connectivity index (χ2n) is 10.4. The van der Waals surface area contributed by atoms with Crippen LogP contribution in [0.25, 0.3) is 0 Å². The van der Waals surface area contributed by atoms with Gasteiger partial charge in [-0.1, -0.05) is 19.4 Å². The van der Waals surface area contributed by atoms with Crippen molar-refractivity contribution in [2.24, 2.45) is 11.8 Å². The zero-order valence-corrected chi connectivity index (χ0v) is 20.1. The number of carboxylic acid groups (broad SMARTS) is 1. The Balaban J connectivity index is 1.77. The van der Waals surface area contributed by atoms with Gasteiger partial charge in [-0.2, -0.15) is 0 Å². The third-order valence-electron chi connectivity index (χ3n) is 6.26. The van der Waals surface area contributed by atoms with Crippen LogP contribution < -0.4 is 10.1 Å². The molecule has 2 heterocycles. The van der Waals surface area contributed by atoms with Gasteiger partial charge >= 0.3 is 12.1 Å². The molecule has 7 heteroatoms. The summed E-state index contributed by atoms with van der Waals surface area (Å²) in [6.07, 6.45) is 1.81. The number of rotatable bonds is 6. The molecule has 1 aromatic rings. The molecule has 1 fully saturated rings. The molecule has 4 atom stereocenters. The predicted molar refractivity (Wildman–Crippen MR) is 121 cm³/mol. The van der Waals surface area contributed by atoms with Crippen molar-refractivity contribution in [3.05, 3.63) is 29.3 Å². The van der Waals surface area contributed by atoms with Gasteiger partial charge in [-0.05, 0) is 71.6 Å². The van der Waals surface area contributed by atoms with Gasteiger partial charge < -0.3 is 24.6 Å². The zero-order chi connectivity index (χ0) is 23.7. The molecule has 1 saturated heterocycles. The summed E-state index contributed by atoms with van der Waals surface area (Å²) in [6.45, 7) is 12.0. The summed E-state index contributed by atoms with van der Waals surface area (Å²) in [6, 6.07) is 6.03. The maximum Gasteiger partial charge on any atom is 0.407 e. The molecule has 2 aliphatic heterocycles. The molecule has 0 radical (unpaired) electrons. The fourth-order valence-electron chi connectivity index (χ4n) is 4.73. The van der Waals surface area contributed by atoms with Crippen molar-refractivity contribution >= 4 is 12.1 Å². The number of alkyl carbamates (subject to hydrolysis) is 1. The number of hydrogen-bond donors (Lipinski definition) is 2. The summed E-state index contributed by atoms with van der Waals surface area (Å²) >= 11 is 0. The van der Waals surface area contributed by atoms with Gasteiger partial charge in [-0.25, -0.2) is 4.79 Å². The van der Waals surface area contributed by atoms with Crippen LogP contribution in [0, 0.1) is 11.8 Å². The molecular weight excluding hydrogens is 410 g/mol. The molecule has 0 aliphatic carbocycles. The van der Waals surface area contributed by atoms with Crippen LogP contribution in [0.2, 0.25) is 0 Å². The van der Waals surface area contributed by atoms with E-state index in [1.54, 1.807) is 0 Å². The minimum Gasteiger partial charge on any atom is -0.487 e. The maximum absolute atomic E-state index is 11.9. The van der Waals surface area contributed by atoms with E-state index in [0.717, 1.165) is 29.7 Å². The van der Waals surface area contributed by atoms with E-state index in [1.807, 2.05) is 53.7 Å². The third-order valence-corrected chi connectivity index (χ3v) is 6.26. The van der Waals surface area contributed by atoms with E-state index >= 15 is 0 Å². The van der Waals surface area contributed by atoms with Crippen LogP contribution in [0.1, 0.15) is 78.0 Å². The number of ether oxygens (including phenoxy) is 3. The maximum atomic E-state index is 11.9. The summed E-state index contributed by atoms with van der Waals surface area (Å²) in [7, 11) is 0. The monoisotopic (exact) mass is 447 g/mol. The van der Waals surface area contributed by atoms with Gasteiger partial charge in [0.15, 0.2) is 0 Å². The summed E-state index contributed by atoms with van der Waals surface area (Å²) in [5.41, 5.74) is 0.963. The largest absolute Gasteiger partial charge is 0.487 e. The van der Waals surface area contributed by atoms with Crippen molar-refractivity contribution in [2.45, 2.75) is 90.6 Å². The van der Waals surface area contributed by atoms with Gasteiger partial charge in [0.05, 0.1) is 18.1 Å². The standard InChI is InChI=1S/C25H37NO6/c1-7-8-19-17(22(27)28)14-18-21(30-19)16-13-15(9-10-20(16)31-25(18,5)6)11-12-26-23(29)32-24(2,3)4/h9-10,13,17-19,21H,7-8,11-12,14H2,1-6H3,(H,26,29)(H,27,28)/t17-,18+,19+,21-/m0/s1. The Morgan fingerprint density at radius 3 is 2.62 bits per heavy atom. The lowest BCUT2D eigenvalue weighted by atomic mass is 9.71. The SMILES string of the molecule is CCC[C@H]1O[C@H]2c3cc(CCNC(=O)OC(C)(C)C)ccc3OC(C)(C)[C@@H]2C[C@@H]1C(=O)O. The molecule has 0 aromatic heterocycles. The first-order valence-electron chi connectivity index (χ1n) is 11.6. The number of nitrogens with one attached hydrogen (secondary N) is 1. The number of aliphatic carboxylic acids is 1. The Kier molecular flexibility index (Phi) is 7.08. The van der Waals surface area contributed by atoms with E-state index in [9.17, 15) is 14.7 Å². The van der Waals surface area contributed by atoms with Gasteiger partial charge in [-0.3, -0.25) is 4.79 Å². The third kappa shape index (κ3) is 5.55. The topological polar surface area (TPSA) is 94.1 Å². The highest BCUT2D eigenvalue weighted by Gasteiger charge is 2.51. The first-order chi connectivity index (χ1) is 14.9. The minimum atomic E-state index is -0.800. The van der Waals surface area contributed by atoms with Crippen molar-refractivity contribution in [1.82, 2.24) is 5.32 Å². The average Bonchev–Trinajstić information content (AvgIpc) is 2.66. The van der Waals surface area contributed by atoms with Crippen LogP contribution >= 0.6 is 0 Å². The zero-order valence-electron chi connectivity index (χ0n) is 20.1. The number of hydrogen-bond acceptors (Lipinski definition) is 5. The lowest BCUT2D eigenvalue weighted by molar-refractivity contribution is -0.188. The molecule has 2 aliphatic rings. The first-order valence-corrected chi connectivity index (χ1v) is 11.6. The Labute approximate surface area is 190 Å². The second kappa shape index (κ2) is 9.30. The van der Waals surface area contributed by atoms with E-state index in [2.05, 4.69) is 11.4 Å². The van der Waals surface area contributed by atoms with Gasteiger partial charge in [0.25, 0.3) is 0 Å². The van der Waals surface area contributed by atoms with Crippen LogP contribution in [0.3, 0.4) is 0 Å². The number of carbonyl (C=O) groups is 2. The van der Waals surface area contributed by atoms with Gasteiger partial charge in [0.1, 0.15) is 17.0 Å². The molecule has 32 heavy (non-hydrogen) atoms. The molecule has 0 bridgehead atoms. The molecular formula is C25H37NO6. The van der Waals surface area contributed by atoms with Crippen LogP contribution in [0.5, 0.6) is 5.75 Å². The van der Waals surface area contributed by atoms with Crippen LogP contribution in [-0.4, -0.2) is 41.0 Å². The summed E-state index contributed by atoms with van der Waals surface area (Å²) in [4.78, 5) is 23.8. The lowest BCUT2D eigenvalue weighted by Gasteiger charge is -2.50.